The van der Waals surface area contributed by atoms with Gasteiger partial charge in [0.05, 0.1) is 6.61 Å². The fraction of sp³-hybridized carbons (Fsp3) is 0.579. The molecule has 26 heavy (non-hydrogen) atoms. The van der Waals surface area contributed by atoms with Gasteiger partial charge in [-0.1, -0.05) is 26.8 Å². The largest absolute Gasteiger partial charge is 0.491 e. The molecule has 0 aliphatic carbocycles. The number of imide groups is 1. The average molecular weight is 379 g/mol. The molecule has 0 bridgehead atoms. The van der Waals surface area contributed by atoms with Crippen LogP contribution in [0.5, 0.6) is 5.75 Å². The second-order valence-electron chi connectivity index (χ2n) is 8.13. The van der Waals surface area contributed by atoms with Crippen LogP contribution in [0.2, 0.25) is 18.1 Å². The first-order valence-electron chi connectivity index (χ1n) is 9.05. The van der Waals surface area contributed by atoms with E-state index in [0.29, 0.717) is 26.1 Å². The Balaban J connectivity index is 1.84. The zero-order valence-corrected chi connectivity index (χ0v) is 17.3. The Bertz CT molecular complexity index is 655. The number of carbonyl (C=O) groups excluding carboxylic acids is 2. The van der Waals surface area contributed by atoms with E-state index in [0.717, 1.165) is 11.4 Å². The highest BCUT2D eigenvalue weighted by atomic mass is 28.4. The summed E-state index contributed by atoms with van der Waals surface area (Å²) in [6.07, 6.45) is 0.848. The summed E-state index contributed by atoms with van der Waals surface area (Å²) in [5.74, 6) is 0.225. The molecule has 1 unspecified atom stereocenters. The Morgan fingerprint density at radius 2 is 1.96 bits per heavy atom. The van der Waals surface area contributed by atoms with E-state index in [1.165, 1.54) is 0 Å². The number of amides is 2. The zero-order chi connectivity index (χ0) is 19.4. The van der Waals surface area contributed by atoms with Crippen molar-refractivity contribution in [2.45, 2.75) is 57.8 Å². The Morgan fingerprint density at radius 1 is 1.23 bits per heavy atom. The van der Waals surface area contributed by atoms with Gasteiger partial charge in [-0.25, -0.2) is 0 Å². The molecular weight excluding hydrogens is 348 g/mol. The molecule has 0 saturated carbocycles. The standard InChI is InChI=1S/C19H30N2O4Si/c1-19(2,3)26(4,5)25-12-11-24-15-8-6-7-14(13-15)20-16-9-10-17(22)21-18(16)23/h6-8,13,16,20H,9-12H2,1-5H3,(H,21,22,23). The zero-order valence-electron chi connectivity index (χ0n) is 16.3. The van der Waals surface area contributed by atoms with Gasteiger partial charge >= 0.3 is 0 Å². The summed E-state index contributed by atoms with van der Waals surface area (Å²) in [4.78, 5) is 23.1. The summed E-state index contributed by atoms with van der Waals surface area (Å²) in [6, 6.07) is 7.09. The van der Waals surface area contributed by atoms with Gasteiger partial charge in [0, 0.05) is 18.2 Å². The minimum Gasteiger partial charge on any atom is -0.491 e. The first-order chi connectivity index (χ1) is 12.1. The summed E-state index contributed by atoms with van der Waals surface area (Å²) in [6.45, 7) is 12.1. The summed E-state index contributed by atoms with van der Waals surface area (Å²) in [7, 11) is -1.76. The minimum atomic E-state index is -1.76. The summed E-state index contributed by atoms with van der Waals surface area (Å²) in [5.41, 5.74) is 0.794. The van der Waals surface area contributed by atoms with E-state index < -0.39 is 14.4 Å². The highest BCUT2D eigenvalue weighted by Crippen LogP contribution is 2.36. The van der Waals surface area contributed by atoms with Gasteiger partial charge in [-0.15, -0.1) is 0 Å². The van der Waals surface area contributed by atoms with Crippen LogP contribution in [0.4, 0.5) is 5.69 Å². The fourth-order valence-electron chi connectivity index (χ4n) is 2.38. The molecule has 2 N–H and O–H groups in total. The van der Waals surface area contributed by atoms with Crippen molar-refractivity contribution in [1.29, 1.82) is 0 Å². The molecule has 0 aromatic heterocycles. The van der Waals surface area contributed by atoms with Crippen molar-refractivity contribution >= 4 is 25.8 Å². The maximum Gasteiger partial charge on any atom is 0.249 e. The van der Waals surface area contributed by atoms with Crippen LogP contribution in [-0.2, 0) is 14.0 Å². The first kappa shape index (κ1) is 20.4. The number of ether oxygens (including phenoxy) is 1. The van der Waals surface area contributed by atoms with Crippen LogP contribution >= 0.6 is 0 Å². The first-order valence-corrected chi connectivity index (χ1v) is 12.0. The van der Waals surface area contributed by atoms with E-state index in [9.17, 15) is 9.59 Å². The van der Waals surface area contributed by atoms with E-state index in [1.54, 1.807) is 0 Å². The number of hydrogen-bond donors (Lipinski definition) is 2. The van der Waals surface area contributed by atoms with Gasteiger partial charge in [0.2, 0.25) is 11.8 Å². The van der Waals surface area contributed by atoms with Crippen LogP contribution in [0.15, 0.2) is 24.3 Å². The van der Waals surface area contributed by atoms with Crippen molar-refractivity contribution in [2.75, 3.05) is 18.5 Å². The lowest BCUT2D eigenvalue weighted by Gasteiger charge is -2.36. The third kappa shape index (κ3) is 5.57. The number of piperidine rings is 1. The summed E-state index contributed by atoms with van der Waals surface area (Å²) < 4.78 is 11.9. The van der Waals surface area contributed by atoms with Crippen molar-refractivity contribution in [3.8, 4) is 5.75 Å². The lowest BCUT2D eigenvalue weighted by molar-refractivity contribution is -0.133. The molecule has 2 amide bonds. The van der Waals surface area contributed by atoms with Crippen molar-refractivity contribution in [3.05, 3.63) is 24.3 Å². The van der Waals surface area contributed by atoms with E-state index in [4.69, 9.17) is 9.16 Å². The van der Waals surface area contributed by atoms with Crippen LogP contribution in [0.3, 0.4) is 0 Å². The topological polar surface area (TPSA) is 76.7 Å². The predicted octanol–water partition coefficient (Wildman–Crippen LogP) is 3.30. The number of anilines is 1. The molecule has 1 heterocycles. The van der Waals surface area contributed by atoms with Crippen molar-refractivity contribution in [1.82, 2.24) is 5.32 Å². The smallest absolute Gasteiger partial charge is 0.249 e. The van der Waals surface area contributed by atoms with Gasteiger partial charge in [0.25, 0.3) is 0 Å². The fourth-order valence-corrected chi connectivity index (χ4v) is 3.41. The van der Waals surface area contributed by atoms with E-state index in [2.05, 4.69) is 44.5 Å². The molecule has 0 radical (unpaired) electrons. The molecule has 1 aliphatic rings. The van der Waals surface area contributed by atoms with Gasteiger partial charge in [-0.05, 0) is 36.7 Å². The van der Waals surface area contributed by atoms with Crippen molar-refractivity contribution < 1.29 is 18.8 Å². The monoisotopic (exact) mass is 378 g/mol. The SMILES string of the molecule is CC(C)(C)[Si](C)(C)OCCOc1cccc(NC2CCC(=O)NC2=O)c1. The Hall–Kier alpha value is -1.86. The molecular formula is C19H30N2O4Si. The Labute approximate surface area is 156 Å². The number of nitrogens with one attached hydrogen (secondary N) is 2. The van der Waals surface area contributed by atoms with Crippen LogP contribution in [0.1, 0.15) is 33.6 Å². The van der Waals surface area contributed by atoms with Crippen LogP contribution < -0.4 is 15.4 Å². The Kier molecular flexibility index (Phi) is 6.47. The quantitative estimate of drug-likeness (QED) is 0.432. The highest BCUT2D eigenvalue weighted by Gasteiger charge is 2.36. The van der Waals surface area contributed by atoms with Crippen LogP contribution in [-0.4, -0.2) is 39.4 Å². The molecule has 1 saturated heterocycles. The van der Waals surface area contributed by atoms with E-state index >= 15 is 0 Å². The summed E-state index contributed by atoms with van der Waals surface area (Å²) >= 11 is 0. The van der Waals surface area contributed by atoms with Gasteiger partial charge in [-0.3, -0.25) is 14.9 Å². The highest BCUT2D eigenvalue weighted by molar-refractivity contribution is 6.74. The number of carbonyl (C=O) groups is 2. The number of hydrogen-bond acceptors (Lipinski definition) is 5. The number of rotatable bonds is 7. The molecule has 1 atom stereocenters. The average Bonchev–Trinajstić information content (AvgIpc) is 2.54. The molecule has 0 spiro atoms. The maximum atomic E-state index is 11.8. The number of benzene rings is 1. The third-order valence-corrected chi connectivity index (χ3v) is 9.57. The molecule has 1 aromatic carbocycles. The molecule has 7 heteroatoms. The van der Waals surface area contributed by atoms with Gasteiger partial charge in [0.15, 0.2) is 8.32 Å². The maximum absolute atomic E-state index is 11.8. The molecule has 6 nitrogen and oxygen atoms in total. The van der Waals surface area contributed by atoms with Crippen LogP contribution in [0, 0.1) is 0 Å². The van der Waals surface area contributed by atoms with Gasteiger partial charge in [0.1, 0.15) is 18.4 Å². The lowest BCUT2D eigenvalue weighted by Crippen LogP contribution is -2.47. The summed E-state index contributed by atoms with van der Waals surface area (Å²) in [5, 5.41) is 5.68. The lowest BCUT2D eigenvalue weighted by atomic mass is 10.1. The predicted molar refractivity (Wildman–Crippen MR) is 105 cm³/mol. The second kappa shape index (κ2) is 8.22. The van der Waals surface area contributed by atoms with E-state index in [1.807, 2.05) is 24.3 Å². The molecule has 1 fully saturated rings. The molecule has 144 valence electrons. The molecule has 1 aromatic rings. The third-order valence-electron chi connectivity index (χ3n) is 5.04. The molecule has 1 aliphatic heterocycles. The second-order valence-corrected chi connectivity index (χ2v) is 12.9. The normalized spacial score (nSPS) is 18.4. The van der Waals surface area contributed by atoms with Gasteiger partial charge in [-0.2, -0.15) is 0 Å². The van der Waals surface area contributed by atoms with E-state index in [-0.39, 0.29) is 16.9 Å². The van der Waals surface area contributed by atoms with Crippen molar-refractivity contribution in [2.24, 2.45) is 0 Å². The molecule has 2 rings (SSSR count). The minimum absolute atomic E-state index is 0.179. The van der Waals surface area contributed by atoms with Gasteiger partial charge < -0.3 is 14.5 Å². The van der Waals surface area contributed by atoms with Crippen LogP contribution in [0.25, 0.3) is 0 Å². The van der Waals surface area contributed by atoms with Crippen molar-refractivity contribution in [3.63, 3.8) is 0 Å². The Morgan fingerprint density at radius 3 is 2.62 bits per heavy atom.